The van der Waals surface area contributed by atoms with Gasteiger partial charge in [-0.15, -0.1) is 0 Å². The molecule has 3 aliphatic carbocycles. The fraction of sp³-hybridized carbons (Fsp3) is 0.292. The van der Waals surface area contributed by atoms with E-state index in [0.717, 1.165) is 270 Å². The number of fused-ring (bicyclic) bond motifs is 6. The Labute approximate surface area is 701 Å². The summed E-state index contributed by atoms with van der Waals surface area (Å²) in [6.45, 7) is 15.4. The van der Waals surface area contributed by atoms with Crippen LogP contribution in [0.3, 0.4) is 0 Å². The molecule has 121 heavy (non-hydrogen) atoms. The average molecular weight is 1600 g/mol. The van der Waals surface area contributed by atoms with Crippen molar-refractivity contribution in [3.05, 3.63) is 255 Å². The van der Waals surface area contributed by atoms with Crippen LogP contribution in [0.25, 0.3) is 117 Å². The number of nitrogens with zero attached hydrogens (tertiary/aromatic N) is 20. The molecule has 0 bridgehead atoms. The van der Waals surface area contributed by atoms with E-state index in [-0.39, 0.29) is 5.91 Å². The van der Waals surface area contributed by atoms with E-state index in [1.807, 2.05) is 96.5 Å². The Bertz CT molecular complexity index is 6420. The van der Waals surface area contributed by atoms with Crippen LogP contribution in [-0.4, -0.2) is 215 Å². The number of piperazine rings is 3. The van der Waals surface area contributed by atoms with Gasteiger partial charge < -0.3 is 31.7 Å². The van der Waals surface area contributed by atoms with E-state index < -0.39 is 0 Å². The van der Waals surface area contributed by atoms with Gasteiger partial charge in [-0.05, 0) is 81.0 Å². The Hall–Kier alpha value is -13.0. The zero-order valence-electron chi connectivity index (χ0n) is 68.1. The van der Waals surface area contributed by atoms with Gasteiger partial charge in [0, 0.05) is 234 Å². The van der Waals surface area contributed by atoms with Crippen LogP contribution in [0.15, 0.2) is 238 Å². The van der Waals surface area contributed by atoms with E-state index in [2.05, 4.69) is 190 Å². The van der Waals surface area contributed by atoms with Crippen LogP contribution >= 0.6 is 0 Å². The Kier molecular flexibility index (Phi) is 21.1. The number of aromatic nitrogens is 14. The van der Waals surface area contributed by atoms with E-state index >= 15 is 0 Å². The lowest BCUT2D eigenvalue weighted by atomic mass is 9.78. The fourth-order valence-electron chi connectivity index (χ4n) is 18.8. The molecule has 0 spiro atoms. The van der Waals surface area contributed by atoms with Crippen molar-refractivity contribution in [1.29, 1.82) is 0 Å². The maximum Gasteiger partial charge on any atom is 0.225 e. The lowest BCUT2D eigenvalue weighted by Gasteiger charge is -2.46. The number of hydrogen-bond donors (Lipinski definition) is 3. The van der Waals surface area contributed by atoms with Crippen molar-refractivity contribution in [3.8, 4) is 67.5 Å². The number of nitrogens with two attached hydrogens (primary N) is 3. The maximum atomic E-state index is 11.7. The molecular weight excluding hydrogens is 1510 g/mol. The number of nitrogen functional groups attached to an aromatic ring is 3. The van der Waals surface area contributed by atoms with Gasteiger partial charge in [0.1, 0.15) is 68.6 Å². The molecule has 10 aromatic heterocycles. The molecule has 0 radical (unpaired) electrons. The van der Waals surface area contributed by atoms with E-state index in [1.54, 1.807) is 32.6 Å². The molecule has 6 N–H and O–H groups in total. The van der Waals surface area contributed by atoms with Crippen LogP contribution in [0, 0.1) is 0 Å². The van der Waals surface area contributed by atoms with Crippen molar-refractivity contribution >= 4 is 78.6 Å². The number of carbonyl (C=O) groups is 1. The second-order valence-electron chi connectivity index (χ2n) is 32.9. The predicted octanol–water partition coefficient (Wildman–Crippen LogP) is 14.4. The molecule has 6 aliphatic rings. The second-order valence-corrected chi connectivity index (χ2v) is 32.9. The zero-order chi connectivity index (χ0) is 81.6. The van der Waals surface area contributed by atoms with Crippen molar-refractivity contribution < 1.29 is 9.53 Å². The molecule has 0 atom stereocenters. The summed E-state index contributed by atoms with van der Waals surface area (Å²) in [7, 11) is 1.78. The highest BCUT2D eigenvalue weighted by Gasteiger charge is 2.42. The first-order chi connectivity index (χ1) is 59.4. The van der Waals surface area contributed by atoms with Crippen molar-refractivity contribution in [1.82, 2.24) is 92.5 Å². The van der Waals surface area contributed by atoms with Gasteiger partial charge in [-0.3, -0.25) is 37.6 Å². The number of imidazole rings is 3. The standard InChI is InChI=1S/C33H31N9.C32H35N7O.C31H31N7O/c34-31-30-29(24-8-7-23-9-10-27(38-28(23)21-24)22-5-2-1-3-6-22)39-32(42(30)14-13-35-31)25-19-26(20-25)40-15-17-41(18-16-40)33-36-11-4-12-37-33;1-40-18-17-37-13-15-38(16-14-37)26-19-25(20-26)32-36-29(30-31(33)34-11-12-39(30)32)24-8-7-23-9-10-27(35-28(23)21-24)22-5-3-2-4-6-22;1-20(39)36-13-15-37(16-14-36)25-17-24(18-25)31-35-28(29-30(32)33-11-12-38(29)31)23-8-7-22-9-10-26(34-27(22)19-23)21-5-3-2-4-6-21/h1-14,21,25-26H,15-20H2,(H2,34,35);2-12,21,25-26H,13-20H2,1H3,(H2,33,34);2-12,19,24-25H,13-18H2,1H3,(H2,32,33). The van der Waals surface area contributed by atoms with Gasteiger partial charge in [0.05, 0.1) is 40.2 Å². The van der Waals surface area contributed by atoms with Gasteiger partial charge >= 0.3 is 0 Å². The highest BCUT2D eigenvalue weighted by atomic mass is 16.5. The molecule has 16 aromatic rings. The molecule has 6 fully saturated rings. The third-order valence-electron chi connectivity index (χ3n) is 25.8. The lowest BCUT2D eigenvalue weighted by molar-refractivity contribution is -0.131. The summed E-state index contributed by atoms with van der Waals surface area (Å²) in [5.41, 5.74) is 36.5. The third-order valence-corrected chi connectivity index (χ3v) is 25.8. The number of benzene rings is 6. The second kappa shape index (κ2) is 33.3. The molecule has 25 nitrogen and oxygen atoms in total. The van der Waals surface area contributed by atoms with E-state index in [9.17, 15) is 4.79 Å². The van der Waals surface area contributed by atoms with Gasteiger partial charge in [0.2, 0.25) is 11.9 Å². The van der Waals surface area contributed by atoms with Crippen LogP contribution in [0.4, 0.5) is 23.4 Å². The van der Waals surface area contributed by atoms with Crippen LogP contribution in [0.5, 0.6) is 0 Å². The molecule has 3 saturated carbocycles. The minimum Gasteiger partial charge on any atom is -0.383 e. The topological polar surface area (TPSA) is 279 Å². The molecular formula is C96H97N23O2. The van der Waals surface area contributed by atoms with E-state index in [0.29, 0.717) is 53.3 Å². The minimum absolute atomic E-state index is 0.170. The summed E-state index contributed by atoms with van der Waals surface area (Å²) in [4.78, 5) is 78.9. The maximum absolute atomic E-state index is 11.7. The Balaban J connectivity index is 0.000000116. The Morgan fingerprint density at radius 1 is 0.372 bits per heavy atom. The van der Waals surface area contributed by atoms with Crippen LogP contribution in [0.2, 0.25) is 0 Å². The number of methoxy groups -OCH3 is 1. The van der Waals surface area contributed by atoms with Crippen LogP contribution < -0.4 is 22.1 Å². The molecule has 6 aromatic carbocycles. The van der Waals surface area contributed by atoms with Crippen molar-refractivity contribution in [2.45, 2.75) is 81.3 Å². The number of pyridine rings is 3. The third kappa shape index (κ3) is 15.4. The SMILES string of the molecule is CC(=O)N1CCN(C2CC(c3nc(-c4ccc5ccc(-c6ccccc6)nc5c4)c4c(N)nccn34)C2)CC1.COCCN1CCN(C2CC(c3nc(-c4ccc5ccc(-c6ccccc6)nc5c4)c4c(N)nccn34)C2)CC1.Nc1nccn2c(C3CC(N4CCN(c5ncccn5)CC4)C3)nc(-c3ccc4ccc(-c5ccccc5)nc4c3)c12. The Morgan fingerprint density at radius 2 is 0.711 bits per heavy atom. The highest BCUT2D eigenvalue weighted by molar-refractivity contribution is 5.95. The molecule has 3 aliphatic heterocycles. The van der Waals surface area contributed by atoms with Gasteiger partial charge in [-0.2, -0.15) is 0 Å². The molecule has 22 rings (SSSR count). The monoisotopic (exact) mass is 1600 g/mol. The molecule has 0 unspecified atom stereocenters. The predicted molar refractivity (Wildman–Crippen MR) is 478 cm³/mol. The molecule has 608 valence electrons. The minimum atomic E-state index is 0.170. The zero-order valence-corrected chi connectivity index (χ0v) is 68.1. The van der Waals surface area contributed by atoms with Crippen LogP contribution in [0.1, 0.15) is 80.7 Å². The molecule has 25 heteroatoms. The quantitative estimate of drug-likeness (QED) is 0.0810. The summed E-state index contributed by atoms with van der Waals surface area (Å²) < 4.78 is 11.7. The van der Waals surface area contributed by atoms with Crippen molar-refractivity contribution in [3.63, 3.8) is 0 Å². The van der Waals surface area contributed by atoms with E-state index in [4.69, 9.17) is 51.8 Å². The number of hydrogen-bond acceptors (Lipinski definition) is 21. The van der Waals surface area contributed by atoms with Crippen molar-refractivity contribution in [2.24, 2.45) is 0 Å². The summed E-state index contributed by atoms with van der Waals surface area (Å²) in [5, 5.41) is 3.27. The largest absolute Gasteiger partial charge is 0.383 e. The highest BCUT2D eigenvalue weighted by Crippen LogP contribution is 2.47. The summed E-state index contributed by atoms with van der Waals surface area (Å²) in [6.07, 6.45) is 21.4. The summed E-state index contributed by atoms with van der Waals surface area (Å²) >= 11 is 0. The fourth-order valence-corrected chi connectivity index (χ4v) is 18.8. The summed E-state index contributed by atoms with van der Waals surface area (Å²) in [6, 6.07) is 66.0. The van der Waals surface area contributed by atoms with Crippen molar-refractivity contribution in [2.75, 3.05) is 121 Å². The Morgan fingerprint density at radius 3 is 1.06 bits per heavy atom. The first kappa shape index (κ1) is 76.6. The van der Waals surface area contributed by atoms with Gasteiger partial charge in [0.25, 0.3) is 0 Å². The number of anilines is 4. The smallest absolute Gasteiger partial charge is 0.225 e. The number of amides is 1. The molecule has 1 amide bonds. The van der Waals surface area contributed by atoms with E-state index in [1.165, 1.54) is 0 Å². The summed E-state index contributed by atoms with van der Waals surface area (Å²) in [5.74, 6) is 6.79. The van der Waals surface area contributed by atoms with Gasteiger partial charge in [0.15, 0.2) is 0 Å². The van der Waals surface area contributed by atoms with Gasteiger partial charge in [-0.25, -0.2) is 54.8 Å². The van der Waals surface area contributed by atoms with Crippen LogP contribution in [-0.2, 0) is 9.53 Å². The van der Waals surface area contributed by atoms with Gasteiger partial charge in [-0.1, -0.05) is 146 Å². The normalized spacial score (nSPS) is 19.8. The number of ether oxygens (including phenoxy) is 1. The first-order valence-corrected chi connectivity index (χ1v) is 42.4. The number of carbonyl (C=O) groups excluding carboxylic acids is 1. The average Bonchev–Trinajstić information content (AvgIpc) is 1.61. The molecule has 3 saturated heterocycles. The molecule has 13 heterocycles. The first-order valence-electron chi connectivity index (χ1n) is 42.4. The lowest BCUT2D eigenvalue weighted by Crippen LogP contribution is -2.54. The number of rotatable bonds is 16.